The van der Waals surface area contributed by atoms with Gasteiger partial charge in [0.2, 0.25) is 0 Å². The van der Waals surface area contributed by atoms with E-state index in [0.717, 1.165) is 11.4 Å². The lowest BCUT2D eigenvalue weighted by molar-refractivity contribution is 0.882. The molecule has 0 amide bonds. The van der Waals surface area contributed by atoms with E-state index < -0.39 is 0 Å². The van der Waals surface area contributed by atoms with Crippen molar-refractivity contribution in [2.75, 3.05) is 11.1 Å². The molecule has 94 valence electrons. The van der Waals surface area contributed by atoms with Gasteiger partial charge in [0.25, 0.3) is 0 Å². The number of nitrogens with one attached hydrogen (secondary N) is 1. The Bertz CT molecular complexity index is 529. The fraction of sp³-hybridized carbons (Fsp3) is 0.250. The molecule has 0 radical (unpaired) electrons. The van der Waals surface area contributed by atoms with E-state index in [1.54, 1.807) is 0 Å². The first kappa shape index (κ1) is 12.5. The highest BCUT2D eigenvalue weighted by atomic mass is 14.9. The molecule has 1 unspecified atom stereocenters. The minimum absolute atomic E-state index is 0.285. The van der Waals surface area contributed by atoms with Crippen LogP contribution in [0.15, 0.2) is 42.5 Å². The molecule has 0 bridgehead atoms. The molecule has 2 nitrogen and oxygen atoms in total. The zero-order valence-electron chi connectivity index (χ0n) is 11.2. The van der Waals surface area contributed by atoms with Gasteiger partial charge in [-0.1, -0.05) is 29.8 Å². The minimum atomic E-state index is 0.285. The highest BCUT2D eigenvalue weighted by Gasteiger charge is 2.06. The number of rotatable bonds is 3. The Morgan fingerprint density at radius 3 is 2.28 bits per heavy atom. The van der Waals surface area contributed by atoms with Crippen LogP contribution in [0.25, 0.3) is 0 Å². The van der Waals surface area contributed by atoms with Crippen LogP contribution in [-0.4, -0.2) is 0 Å². The molecule has 2 aromatic carbocycles. The lowest BCUT2D eigenvalue weighted by Crippen LogP contribution is -2.07. The molecular weight excluding hydrogens is 220 g/mol. The Morgan fingerprint density at radius 2 is 1.67 bits per heavy atom. The summed E-state index contributed by atoms with van der Waals surface area (Å²) in [6.07, 6.45) is 0. The highest BCUT2D eigenvalue weighted by molar-refractivity contribution is 5.58. The van der Waals surface area contributed by atoms with Crippen LogP contribution < -0.4 is 11.1 Å². The van der Waals surface area contributed by atoms with Gasteiger partial charge in [0.05, 0.1) is 0 Å². The maximum absolute atomic E-state index is 5.76. The molecule has 2 aromatic rings. The molecule has 3 N–H and O–H groups in total. The van der Waals surface area contributed by atoms with Gasteiger partial charge >= 0.3 is 0 Å². The van der Waals surface area contributed by atoms with Crippen LogP contribution in [0.5, 0.6) is 0 Å². The molecule has 1 atom stereocenters. The van der Waals surface area contributed by atoms with Gasteiger partial charge in [-0.3, -0.25) is 0 Å². The van der Waals surface area contributed by atoms with Crippen molar-refractivity contribution in [1.82, 2.24) is 0 Å². The van der Waals surface area contributed by atoms with Gasteiger partial charge in [-0.15, -0.1) is 0 Å². The van der Waals surface area contributed by atoms with Crippen LogP contribution in [0, 0.1) is 13.8 Å². The van der Waals surface area contributed by atoms with Gasteiger partial charge in [-0.25, -0.2) is 0 Å². The Hall–Kier alpha value is -1.96. The van der Waals surface area contributed by atoms with Crippen molar-refractivity contribution in [2.24, 2.45) is 0 Å². The molecule has 0 saturated heterocycles. The third-order valence-electron chi connectivity index (χ3n) is 3.20. The molecule has 0 fully saturated rings. The molecule has 18 heavy (non-hydrogen) atoms. The minimum Gasteiger partial charge on any atom is -0.399 e. The number of hydrogen-bond acceptors (Lipinski definition) is 2. The van der Waals surface area contributed by atoms with Crippen LogP contribution in [0.4, 0.5) is 11.4 Å². The summed E-state index contributed by atoms with van der Waals surface area (Å²) in [6.45, 7) is 6.34. The molecule has 0 saturated carbocycles. The van der Waals surface area contributed by atoms with Gasteiger partial charge in [0.15, 0.2) is 0 Å². The quantitative estimate of drug-likeness (QED) is 0.794. The lowest BCUT2D eigenvalue weighted by Gasteiger charge is -2.18. The average molecular weight is 240 g/mol. The Morgan fingerprint density at radius 1 is 1.00 bits per heavy atom. The summed E-state index contributed by atoms with van der Waals surface area (Å²) in [7, 11) is 0. The second kappa shape index (κ2) is 5.13. The van der Waals surface area contributed by atoms with Gasteiger partial charge in [0.1, 0.15) is 0 Å². The van der Waals surface area contributed by atoms with E-state index in [1.165, 1.54) is 16.7 Å². The van der Waals surface area contributed by atoms with Gasteiger partial charge in [-0.05, 0) is 50.1 Å². The molecule has 2 rings (SSSR count). The number of hydrogen-bond donors (Lipinski definition) is 2. The van der Waals surface area contributed by atoms with E-state index in [4.69, 9.17) is 5.73 Å². The summed E-state index contributed by atoms with van der Waals surface area (Å²) in [5, 5.41) is 3.52. The van der Waals surface area contributed by atoms with Crippen molar-refractivity contribution in [3.63, 3.8) is 0 Å². The predicted octanol–water partition coefficient (Wildman–Crippen LogP) is 4.06. The van der Waals surface area contributed by atoms with Crippen molar-refractivity contribution in [3.8, 4) is 0 Å². The topological polar surface area (TPSA) is 38.0 Å². The number of benzene rings is 2. The molecule has 0 aliphatic carbocycles. The van der Waals surface area contributed by atoms with E-state index in [0.29, 0.717) is 0 Å². The summed E-state index contributed by atoms with van der Waals surface area (Å²) >= 11 is 0. The van der Waals surface area contributed by atoms with Crippen LogP contribution in [-0.2, 0) is 0 Å². The number of nitrogen functional groups attached to an aromatic ring is 1. The van der Waals surface area contributed by atoms with E-state index >= 15 is 0 Å². The first-order chi connectivity index (χ1) is 8.56. The van der Waals surface area contributed by atoms with Gasteiger partial charge < -0.3 is 11.1 Å². The number of anilines is 2. The fourth-order valence-electron chi connectivity index (χ4n) is 2.02. The Balaban J connectivity index is 2.15. The smallest absolute Gasteiger partial charge is 0.0485 e. The lowest BCUT2D eigenvalue weighted by atomic mass is 10.1. The SMILES string of the molecule is Cc1ccc(C(C)Nc2ccc(N)cc2C)cc1. The van der Waals surface area contributed by atoms with Crippen LogP contribution >= 0.6 is 0 Å². The summed E-state index contributed by atoms with van der Waals surface area (Å²) in [5.74, 6) is 0. The van der Waals surface area contributed by atoms with E-state index in [2.05, 4.69) is 50.4 Å². The molecule has 0 spiro atoms. The van der Waals surface area contributed by atoms with Gasteiger partial charge in [-0.2, -0.15) is 0 Å². The molecule has 0 heterocycles. The zero-order chi connectivity index (χ0) is 13.1. The Labute approximate surface area is 109 Å². The maximum atomic E-state index is 5.76. The average Bonchev–Trinajstić information content (AvgIpc) is 2.33. The van der Waals surface area contributed by atoms with E-state index in [1.807, 2.05) is 18.2 Å². The van der Waals surface area contributed by atoms with Crippen molar-refractivity contribution in [2.45, 2.75) is 26.8 Å². The second-order valence-electron chi connectivity index (χ2n) is 4.85. The summed E-state index contributed by atoms with van der Waals surface area (Å²) in [6, 6.07) is 14.9. The first-order valence-corrected chi connectivity index (χ1v) is 6.25. The third kappa shape index (κ3) is 2.83. The van der Waals surface area contributed by atoms with Crippen molar-refractivity contribution < 1.29 is 0 Å². The normalized spacial score (nSPS) is 12.2. The van der Waals surface area contributed by atoms with Crippen molar-refractivity contribution >= 4 is 11.4 Å². The highest BCUT2D eigenvalue weighted by Crippen LogP contribution is 2.23. The van der Waals surface area contributed by atoms with E-state index in [9.17, 15) is 0 Å². The summed E-state index contributed by atoms with van der Waals surface area (Å²) < 4.78 is 0. The zero-order valence-corrected chi connectivity index (χ0v) is 11.2. The van der Waals surface area contributed by atoms with Crippen LogP contribution in [0.1, 0.15) is 29.7 Å². The number of aryl methyl sites for hydroxylation is 2. The predicted molar refractivity (Wildman–Crippen MR) is 78.8 cm³/mol. The first-order valence-electron chi connectivity index (χ1n) is 6.25. The largest absolute Gasteiger partial charge is 0.399 e. The Kier molecular flexibility index (Phi) is 3.56. The third-order valence-corrected chi connectivity index (χ3v) is 3.20. The molecule has 0 aliphatic heterocycles. The van der Waals surface area contributed by atoms with Crippen LogP contribution in [0.2, 0.25) is 0 Å². The fourth-order valence-corrected chi connectivity index (χ4v) is 2.02. The molecule has 0 aliphatic rings. The van der Waals surface area contributed by atoms with Crippen molar-refractivity contribution in [1.29, 1.82) is 0 Å². The molecule has 0 aromatic heterocycles. The number of nitrogens with two attached hydrogens (primary N) is 1. The van der Waals surface area contributed by atoms with Crippen molar-refractivity contribution in [3.05, 3.63) is 59.2 Å². The summed E-state index contributed by atoms with van der Waals surface area (Å²) in [5.41, 5.74) is 11.5. The molecular formula is C16H20N2. The standard InChI is InChI=1S/C16H20N2/c1-11-4-6-14(7-5-11)13(3)18-16-9-8-15(17)10-12(16)2/h4-10,13,18H,17H2,1-3H3. The second-order valence-corrected chi connectivity index (χ2v) is 4.85. The summed E-state index contributed by atoms with van der Waals surface area (Å²) in [4.78, 5) is 0. The molecule has 2 heteroatoms. The maximum Gasteiger partial charge on any atom is 0.0485 e. The van der Waals surface area contributed by atoms with Gasteiger partial charge in [0, 0.05) is 17.4 Å². The monoisotopic (exact) mass is 240 g/mol. The van der Waals surface area contributed by atoms with E-state index in [-0.39, 0.29) is 6.04 Å². The van der Waals surface area contributed by atoms with Crippen LogP contribution in [0.3, 0.4) is 0 Å².